The minimum Gasteiger partial charge on any atom is -0.350 e. The minimum absolute atomic E-state index is 0.0283. The smallest absolute Gasteiger partial charge is 0.243 e. The van der Waals surface area contributed by atoms with Crippen molar-refractivity contribution in [2.75, 3.05) is 0 Å². The van der Waals surface area contributed by atoms with Gasteiger partial charge in [0.05, 0.1) is 0 Å². The zero-order valence-corrected chi connectivity index (χ0v) is 9.25. The van der Waals surface area contributed by atoms with Gasteiger partial charge in [0, 0.05) is 6.04 Å². The molecule has 0 aromatic rings. The largest absolute Gasteiger partial charge is 0.350 e. The quantitative estimate of drug-likeness (QED) is 0.689. The summed E-state index contributed by atoms with van der Waals surface area (Å²) in [7, 11) is 0. The summed E-state index contributed by atoms with van der Waals surface area (Å²) in [6.07, 6.45) is 6.18. The fraction of sp³-hybridized carbons (Fsp3) is 0.750. The van der Waals surface area contributed by atoms with Gasteiger partial charge >= 0.3 is 0 Å². The van der Waals surface area contributed by atoms with Crippen molar-refractivity contribution < 1.29 is 4.79 Å². The number of nitrogens with one attached hydrogen (secondary N) is 1. The molecule has 1 rings (SSSR count). The van der Waals surface area contributed by atoms with Gasteiger partial charge in [-0.25, -0.2) is 0 Å². The predicted molar refractivity (Wildman–Crippen MR) is 58.9 cm³/mol. The third-order valence-electron chi connectivity index (χ3n) is 3.19. The zero-order valence-electron chi connectivity index (χ0n) is 9.25. The summed E-state index contributed by atoms with van der Waals surface area (Å²) in [5, 5.41) is 3.00. The Balaban J connectivity index is 2.39. The zero-order chi connectivity index (χ0) is 10.6. The molecule has 0 bridgehead atoms. The van der Waals surface area contributed by atoms with Crippen molar-refractivity contribution in [3.05, 3.63) is 12.7 Å². The van der Waals surface area contributed by atoms with Gasteiger partial charge in [-0.05, 0) is 30.8 Å². The van der Waals surface area contributed by atoms with Gasteiger partial charge < -0.3 is 5.32 Å². The SMILES string of the molecule is C=CC(=O)N[C@@H]1CCC[C@@H](C(C)C)C1. The lowest BCUT2D eigenvalue weighted by molar-refractivity contribution is -0.117. The van der Waals surface area contributed by atoms with Gasteiger partial charge in [-0.1, -0.05) is 33.3 Å². The Hall–Kier alpha value is -0.790. The van der Waals surface area contributed by atoms with E-state index in [0.29, 0.717) is 6.04 Å². The average molecular weight is 195 g/mol. The van der Waals surface area contributed by atoms with Crippen LogP contribution in [0.25, 0.3) is 0 Å². The molecule has 2 heteroatoms. The summed E-state index contributed by atoms with van der Waals surface area (Å²) >= 11 is 0. The van der Waals surface area contributed by atoms with Gasteiger partial charge in [0.15, 0.2) is 0 Å². The standard InChI is InChI=1S/C12H21NO/c1-4-12(14)13-11-7-5-6-10(8-11)9(2)3/h4,9-11H,1,5-8H2,2-3H3,(H,13,14)/t10-,11-/m1/s1. The second kappa shape index (κ2) is 5.18. The monoisotopic (exact) mass is 195 g/mol. The van der Waals surface area contributed by atoms with Crippen molar-refractivity contribution >= 4 is 5.91 Å². The topological polar surface area (TPSA) is 29.1 Å². The van der Waals surface area contributed by atoms with Crippen LogP contribution in [0.5, 0.6) is 0 Å². The molecule has 2 atom stereocenters. The van der Waals surface area contributed by atoms with Crippen LogP contribution in [-0.4, -0.2) is 11.9 Å². The number of carbonyl (C=O) groups excluding carboxylic acids is 1. The van der Waals surface area contributed by atoms with E-state index in [2.05, 4.69) is 25.7 Å². The van der Waals surface area contributed by atoms with Crippen molar-refractivity contribution in [2.45, 2.75) is 45.6 Å². The molecule has 0 unspecified atom stereocenters. The van der Waals surface area contributed by atoms with Gasteiger partial charge in [-0.15, -0.1) is 0 Å². The third kappa shape index (κ3) is 3.17. The molecule has 1 saturated carbocycles. The van der Waals surface area contributed by atoms with Crippen molar-refractivity contribution in [1.29, 1.82) is 0 Å². The molecule has 1 aliphatic rings. The first-order valence-corrected chi connectivity index (χ1v) is 5.56. The normalized spacial score (nSPS) is 27.4. The number of rotatable bonds is 3. The highest BCUT2D eigenvalue weighted by molar-refractivity contribution is 5.87. The Morgan fingerprint density at radius 1 is 1.50 bits per heavy atom. The molecule has 0 aromatic carbocycles. The first kappa shape index (κ1) is 11.3. The first-order valence-electron chi connectivity index (χ1n) is 5.56. The van der Waals surface area contributed by atoms with E-state index < -0.39 is 0 Å². The van der Waals surface area contributed by atoms with Crippen LogP contribution in [0.3, 0.4) is 0 Å². The highest BCUT2D eigenvalue weighted by Crippen LogP contribution is 2.29. The Morgan fingerprint density at radius 2 is 2.21 bits per heavy atom. The highest BCUT2D eigenvalue weighted by Gasteiger charge is 2.24. The molecular formula is C12H21NO. The predicted octanol–water partition coefficient (Wildman–Crippen LogP) is 2.50. The molecular weight excluding hydrogens is 174 g/mol. The van der Waals surface area contributed by atoms with Gasteiger partial charge in [-0.2, -0.15) is 0 Å². The van der Waals surface area contributed by atoms with Crippen molar-refractivity contribution in [3.63, 3.8) is 0 Å². The van der Waals surface area contributed by atoms with Crippen molar-refractivity contribution in [3.8, 4) is 0 Å². The molecule has 14 heavy (non-hydrogen) atoms. The van der Waals surface area contributed by atoms with E-state index >= 15 is 0 Å². The highest BCUT2D eigenvalue weighted by atomic mass is 16.1. The van der Waals surface area contributed by atoms with E-state index in [-0.39, 0.29) is 5.91 Å². The molecule has 1 N–H and O–H groups in total. The maximum Gasteiger partial charge on any atom is 0.243 e. The summed E-state index contributed by atoms with van der Waals surface area (Å²) in [6.45, 7) is 8.00. The molecule has 2 nitrogen and oxygen atoms in total. The summed E-state index contributed by atoms with van der Waals surface area (Å²) in [5.41, 5.74) is 0. The molecule has 80 valence electrons. The van der Waals surface area contributed by atoms with Gasteiger partial charge in [0.1, 0.15) is 0 Å². The van der Waals surface area contributed by atoms with Crippen LogP contribution in [0, 0.1) is 11.8 Å². The lowest BCUT2D eigenvalue weighted by Crippen LogP contribution is -2.38. The molecule has 0 saturated heterocycles. The second-order valence-electron chi connectivity index (χ2n) is 4.58. The fourth-order valence-electron chi connectivity index (χ4n) is 2.22. The Bertz CT molecular complexity index is 210. The lowest BCUT2D eigenvalue weighted by atomic mass is 9.79. The lowest BCUT2D eigenvalue weighted by Gasteiger charge is -2.31. The molecule has 0 aliphatic heterocycles. The molecule has 0 radical (unpaired) electrons. The molecule has 1 fully saturated rings. The van der Waals surface area contributed by atoms with E-state index in [0.717, 1.165) is 24.7 Å². The van der Waals surface area contributed by atoms with Crippen LogP contribution in [0.1, 0.15) is 39.5 Å². The van der Waals surface area contributed by atoms with Gasteiger partial charge in [0.2, 0.25) is 5.91 Å². The second-order valence-corrected chi connectivity index (χ2v) is 4.58. The van der Waals surface area contributed by atoms with Crippen LogP contribution in [0.15, 0.2) is 12.7 Å². The van der Waals surface area contributed by atoms with E-state index in [9.17, 15) is 4.79 Å². The molecule has 1 amide bonds. The van der Waals surface area contributed by atoms with Crippen LogP contribution in [0.4, 0.5) is 0 Å². The first-order chi connectivity index (χ1) is 6.63. The summed E-state index contributed by atoms with van der Waals surface area (Å²) in [4.78, 5) is 11.1. The van der Waals surface area contributed by atoms with E-state index in [1.165, 1.54) is 18.9 Å². The molecule has 1 aliphatic carbocycles. The van der Waals surface area contributed by atoms with Crippen molar-refractivity contribution in [2.24, 2.45) is 11.8 Å². The Morgan fingerprint density at radius 3 is 2.79 bits per heavy atom. The average Bonchev–Trinajstić information content (AvgIpc) is 2.18. The Kier molecular flexibility index (Phi) is 4.18. The number of hydrogen-bond donors (Lipinski definition) is 1. The van der Waals surface area contributed by atoms with Crippen LogP contribution in [0.2, 0.25) is 0 Å². The summed E-state index contributed by atoms with van der Waals surface area (Å²) in [6, 6.07) is 0.377. The van der Waals surface area contributed by atoms with Crippen LogP contribution >= 0.6 is 0 Å². The van der Waals surface area contributed by atoms with Gasteiger partial charge in [0.25, 0.3) is 0 Å². The van der Waals surface area contributed by atoms with Gasteiger partial charge in [-0.3, -0.25) is 4.79 Å². The van der Waals surface area contributed by atoms with E-state index in [1.807, 2.05) is 0 Å². The Labute approximate surface area is 86.8 Å². The summed E-state index contributed by atoms with van der Waals surface area (Å²) < 4.78 is 0. The van der Waals surface area contributed by atoms with E-state index in [4.69, 9.17) is 0 Å². The number of hydrogen-bond acceptors (Lipinski definition) is 1. The van der Waals surface area contributed by atoms with E-state index in [1.54, 1.807) is 0 Å². The summed E-state index contributed by atoms with van der Waals surface area (Å²) in [5.74, 6) is 1.48. The van der Waals surface area contributed by atoms with Crippen molar-refractivity contribution in [1.82, 2.24) is 5.32 Å². The maximum atomic E-state index is 11.1. The minimum atomic E-state index is -0.0283. The number of amides is 1. The third-order valence-corrected chi connectivity index (χ3v) is 3.19. The molecule has 0 spiro atoms. The number of carbonyl (C=O) groups is 1. The van der Waals surface area contributed by atoms with Crippen LogP contribution in [-0.2, 0) is 4.79 Å². The van der Waals surface area contributed by atoms with Crippen LogP contribution < -0.4 is 5.32 Å². The molecule has 0 aromatic heterocycles. The fourth-order valence-corrected chi connectivity index (χ4v) is 2.22. The molecule has 0 heterocycles. The maximum absolute atomic E-state index is 11.1.